The second kappa shape index (κ2) is 3.70. The van der Waals surface area contributed by atoms with Crippen LogP contribution in [0.3, 0.4) is 0 Å². The first-order chi connectivity index (χ1) is 7.92. The fraction of sp³-hybridized carbons (Fsp3) is 0. The summed E-state index contributed by atoms with van der Waals surface area (Å²) in [5.74, 6) is 0.598. The summed E-state index contributed by atoms with van der Waals surface area (Å²) >= 11 is 0. The third-order valence-corrected chi connectivity index (χ3v) is 2.24. The smallest absolute Gasteiger partial charge is 0.399 e. The van der Waals surface area contributed by atoms with Crippen LogP contribution in [0.15, 0.2) is 53.3 Å². The first-order valence-electron chi connectivity index (χ1n) is 4.90. The summed E-state index contributed by atoms with van der Waals surface area (Å²) in [5, 5.41) is 2.13. The molecule has 3 aromatic rings. The quantitative estimate of drug-likeness (QED) is 0.650. The third-order valence-electron chi connectivity index (χ3n) is 2.24. The second-order valence-corrected chi connectivity index (χ2v) is 3.31. The van der Waals surface area contributed by atoms with Gasteiger partial charge in [0.2, 0.25) is 0 Å². The van der Waals surface area contributed by atoms with Gasteiger partial charge in [0, 0.05) is 6.07 Å². The minimum Gasteiger partial charge on any atom is -0.417 e. The van der Waals surface area contributed by atoms with Crippen LogP contribution < -0.4 is 4.74 Å². The molecule has 1 aromatic heterocycles. The molecule has 3 rings (SSSR count). The summed E-state index contributed by atoms with van der Waals surface area (Å²) in [5.41, 5.74) is 0. The van der Waals surface area contributed by atoms with Crippen molar-refractivity contribution >= 4 is 10.8 Å². The zero-order valence-corrected chi connectivity index (χ0v) is 8.38. The predicted octanol–water partition coefficient (Wildman–Crippen LogP) is 3.42. The van der Waals surface area contributed by atoms with Gasteiger partial charge in [-0.1, -0.05) is 30.3 Å². The Morgan fingerprint density at radius 3 is 2.94 bits per heavy atom. The van der Waals surface area contributed by atoms with Crippen LogP contribution in [0.1, 0.15) is 0 Å². The van der Waals surface area contributed by atoms with Crippen LogP contribution in [0.2, 0.25) is 0 Å². The van der Waals surface area contributed by atoms with Crippen LogP contribution in [0, 0.1) is 6.07 Å². The highest BCUT2D eigenvalue weighted by Gasteiger charge is 2.02. The van der Waals surface area contributed by atoms with E-state index in [-0.39, 0.29) is 6.08 Å². The third kappa shape index (κ3) is 1.63. The van der Waals surface area contributed by atoms with Crippen molar-refractivity contribution in [1.29, 1.82) is 0 Å². The van der Waals surface area contributed by atoms with Gasteiger partial charge in [0.05, 0.1) is 6.20 Å². The Morgan fingerprint density at radius 1 is 1.12 bits per heavy atom. The molecular formula is C13H8NO2. The summed E-state index contributed by atoms with van der Waals surface area (Å²) in [4.78, 5) is 3.88. The molecule has 0 bridgehead atoms. The number of nitrogens with zero attached hydrogens (tertiary/aromatic N) is 1. The van der Waals surface area contributed by atoms with Crippen LogP contribution in [-0.4, -0.2) is 4.98 Å². The molecule has 0 aliphatic heterocycles. The van der Waals surface area contributed by atoms with E-state index in [0.717, 1.165) is 10.8 Å². The average Bonchev–Trinajstić information content (AvgIpc) is 2.82. The predicted molar refractivity (Wildman–Crippen MR) is 59.4 cm³/mol. The Morgan fingerprint density at radius 2 is 2.06 bits per heavy atom. The monoisotopic (exact) mass is 210 g/mol. The summed E-state index contributed by atoms with van der Waals surface area (Å²) in [7, 11) is 0. The minimum absolute atomic E-state index is 0.228. The molecular weight excluding hydrogens is 202 g/mol. The number of benzene rings is 2. The molecule has 0 amide bonds. The second-order valence-electron chi connectivity index (χ2n) is 3.31. The van der Waals surface area contributed by atoms with Gasteiger partial charge in [-0.2, -0.15) is 4.98 Å². The highest BCUT2D eigenvalue weighted by molar-refractivity contribution is 5.83. The zero-order chi connectivity index (χ0) is 10.8. The molecule has 0 aliphatic rings. The lowest BCUT2D eigenvalue weighted by atomic mass is 10.1. The fourth-order valence-electron chi connectivity index (χ4n) is 1.51. The van der Waals surface area contributed by atoms with Crippen molar-refractivity contribution in [2.24, 2.45) is 0 Å². The molecule has 2 aromatic carbocycles. The fourth-order valence-corrected chi connectivity index (χ4v) is 1.51. The Bertz CT molecular complexity index is 602. The average molecular weight is 210 g/mol. The number of fused-ring (bicyclic) bond motifs is 1. The van der Waals surface area contributed by atoms with Crippen molar-refractivity contribution in [2.75, 3.05) is 0 Å². The van der Waals surface area contributed by atoms with E-state index in [9.17, 15) is 0 Å². The maximum Gasteiger partial charge on any atom is 0.399 e. The molecule has 0 saturated heterocycles. The Hall–Kier alpha value is -2.29. The molecule has 77 valence electrons. The Labute approximate surface area is 92.3 Å². The van der Waals surface area contributed by atoms with Crippen molar-refractivity contribution < 1.29 is 9.15 Å². The van der Waals surface area contributed by atoms with Crippen LogP contribution >= 0.6 is 0 Å². The van der Waals surface area contributed by atoms with E-state index in [1.54, 1.807) is 0 Å². The number of hydrogen-bond acceptors (Lipinski definition) is 3. The van der Waals surface area contributed by atoms with Crippen LogP contribution in [0.5, 0.6) is 11.8 Å². The van der Waals surface area contributed by atoms with E-state index in [1.807, 2.05) is 36.4 Å². The molecule has 16 heavy (non-hydrogen) atoms. The van der Waals surface area contributed by atoms with Gasteiger partial charge in [-0.15, -0.1) is 0 Å². The van der Waals surface area contributed by atoms with Gasteiger partial charge in [-0.25, -0.2) is 0 Å². The SMILES string of the molecule is [c]1c(Oc2ncco2)ccc2ccccc12. The highest BCUT2D eigenvalue weighted by atomic mass is 16.6. The van der Waals surface area contributed by atoms with E-state index >= 15 is 0 Å². The molecule has 0 fully saturated rings. The van der Waals surface area contributed by atoms with E-state index < -0.39 is 0 Å². The number of ether oxygens (including phenoxy) is 1. The molecule has 0 saturated carbocycles. The van der Waals surface area contributed by atoms with Crippen molar-refractivity contribution in [3.63, 3.8) is 0 Å². The topological polar surface area (TPSA) is 35.3 Å². The molecule has 0 N–H and O–H groups in total. The van der Waals surface area contributed by atoms with Crippen molar-refractivity contribution in [2.45, 2.75) is 0 Å². The van der Waals surface area contributed by atoms with E-state index in [4.69, 9.17) is 9.15 Å². The van der Waals surface area contributed by atoms with Gasteiger partial charge in [0.25, 0.3) is 0 Å². The Kier molecular flexibility index (Phi) is 2.07. The molecule has 3 heteroatoms. The van der Waals surface area contributed by atoms with Gasteiger partial charge in [-0.05, 0) is 16.8 Å². The van der Waals surface area contributed by atoms with Crippen LogP contribution in [0.4, 0.5) is 0 Å². The lowest BCUT2D eigenvalue weighted by molar-refractivity contribution is 0.330. The summed E-state index contributed by atoms with van der Waals surface area (Å²) in [6.45, 7) is 0. The lowest BCUT2D eigenvalue weighted by Gasteiger charge is -2.01. The molecule has 3 nitrogen and oxygen atoms in total. The molecule has 0 aliphatic carbocycles. The van der Waals surface area contributed by atoms with Gasteiger partial charge in [-0.3, -0.25) is 0 Å². The van der Waals surface area contributed by atoms with E-state index in [0.29, 0.717) is 5.75 Å². The number of hydrogen-bond donors (Lipinski definition) is 0. The normalized spacial score (nSPS) is 10.5. The molecule has 0 unspecified atom stereocenters. The number of oxazole rings is 1. The first kappa shape index (κ1) is 8.97. The van der Waals surface area contributed by atoms with Gasteiger partial charge >= 0.3 is 6.08 Å². The highest BCUT2D eigenvalue weighted by Crippen LogP contribution is 2.23. The Balaban J connectivity index is 1.99. The molecule has 1 radical (unpaired) electrons. The molecule has 1 heterocycles. The van der Waals surface area contributed by atoms with Crippen molar-refractivity contribution in [3.05, 3.63) is 54.9 Å². The van der Waals surface area contributed by atoms with Crippen LogP contribution in [0.25, 0.3) is 10.8 Å². The molecule has 0 atom stereocenters. The zero-order valence-electron chi connectivity index (χ0n) is 8.38. The largest absolute Gasteiger partial charge is 0.417 e. The maximum atomic E-state index is 5.39. The minimum atomic E-state index is 0.228. The first-order valence-corrected chi connectivity index (χ1v) is 4.90. The molecule has 0 spiro atoms. The summed E-state index contributed by atoms with van der Waals surface area (Å²) in [6, 6.07) is 14.9. The number of aromatic nitrogens is 1. The summed E-state index contributed by atoms with van der Waals surface area (Å²) in [6.07, 6.45) is 3.23. The van der Waals surface area contributed by atoms with Gasteiger partial charge in [0.15, 0.2) is 0 Å². The van der Waals surface area contributed by atoms with Crippen molar-refractivity contribution in [1.82, 2.24) is 4.98 Å². The van der Waals surface area contributed by atoms with Gasteiger partial charge in [0.1, 0.15) is 12.0 Å². The van der Waals surface area contributed by atoms with Gasteiger partial charge < -0.3 is 9.15 Å². The maximum absolute atomic E-state index is 5.39. The van der Waals surface area contributed by atoms with Crippen molar-refractivity contribution in [3.8, 4) is 11.8 Å². The summed E-state index contributed by atoms with van der Waals surface area (Å²) < 4.78 is 10.4. The number of rotatable bonds is 2. The van der Waals surface area contributed by atoms with Crippen LogP contribution in [-0.2, 0) is 0 Å². The van der Waals surface area contributed by atoms with E-state index in [2.05, 4.69) is 11.1 Å². The standard InChI is InChI=1S/C13H8NO2/c1-2-4-11-9-12(6-5-10(11)3-1)16-13-14-7-8-15-13/h1-8H. The van der Waals surface area contributed by atoms with E-state index in [1.165, 1.54) is 12.5 Å². The lowest BCUT2D eigenvalue weighted by Crippen LogP contribution is -1.84.